The van der Waals surface area contributed by atoms with Gasteiger partial charge in [0, 0.05) is 44.6 Å². The van der Waals surface area contributed by atoms with Gasteiger partial charge in [-0.1, -0.05) is 0 Å². The lowest BCUT2D eigenvalue weighted by molar-refractivity contribution is 0.0177. The largest absolute Gasteiger partial charge is 0.399 e. The van der Waals surface area contributed by atoms with E-state index in [9.17, 15) is 9.90 Å². The van der Waals surface area contributed by atoms with E-state index in [1.807, 2.05) is 0 Å². The zero-order valence-corrected chi connectivity index (χ0v) is 12.0. The van der Waals surface area contributed by atoms with Gasteiger partial charge in [0.15, 0.2) is 0 Å². The standard InChI is InChI=1S/C14H22N4O2/c1-14(2,20)10-17-5-7-18(8-6-17)13(19)12-9-11(15)3-4-16-12/h3-4,9,20H,5-8,10H2,1-2H3,(H2,15,16). The van der Waals surface area contributed by atoms with Crippen LogP contribution in [0.4, 0.5) is 5.69 Å². The van der Waals surface area contributed by atoms with Crippen LogP contribution in [0.1, 0.15) is 24.3 Å². The molecule has 1 amide bonds. The van der Waals surface area contributed by atoms with Gasteiger partial charge >= 0.3 is 0 Å². The molecule has 0 aliphatic carbocycles. The quantitative estimate of drug-likeness (QED) is 0.825. The predicted octanol–water partition coefficient (Wildman–Crippen LogP) is 0.193. The summed E-state index contributed by atoms with van der Waals surface area (Å²) in [6, 6.07) is 3.27. The van der Waals surface area contributed by atoms with Crippen molar-refractivity contribution in [3.63, 3.8) is 0 Å². The molecule has 1 aromatic heterocycles. The number of hydrogen-bond acceptors (Lipinski definition) is 5. The SMILES string of the molecule is CC(C)(O)CN1CCN(C(=O)c2cc(N)ccn2)CC1. The summed E-state index contributed by atoms with van der Waals surface area (Å²) >= 11 is 0. The molecule has 0 atom stereocenters. The lowest BCUT2D eigenvalue weighted by atomic mass is 10.1. The van der Waals surface area contributed by atoms with Crippen molar-refractivity contribution >= 4 is 11.6 Å². The number of rotatable bonds is 3. The minimum Gasteiger partial charge on any atom is -0.399 e. The Labute approximate surface area is 119 Å². The van der Waals surface area contributed by atoms with Gasteiger partial charge in [-0.15, -0.1) is 0 Å². The van der Waals surface area contributed by atoms with Gasteiger partial charge < -0.3 is 15.7 Å². The zero-order valence-electron chi connectivity index (χ0n) is 12.0. The van der Waals surface area contributed by atoms with Gasteiger partial charge in [-0.25, -0.2) is 0 Å². The normalized spacial score (nSPS) is 17.2. The van der Waals surface area contributed by atoms with Gasteiger partial charge in [-0.05, 0) is 26.0 Å². The molecule has 0 saturated carbocycles. The summed E-state index contributed by atoms with van der Waals surface area (Å²) < 4.78 is 0. The number of nitrogen functional groups attached to an aromatic ring is 1. The fourth-order valence-electron chi connectivity index (χ4n) is 2.38. The highest BCUT2D eigenvalue weighted by molar-refractivity contribution is 5.93. The highest BCUT2D eigenvalue weighted by atomic mass is 16.3. The number of carbonyl (C=O) groups is 1. The van der Waals surface area contributed by atoms with Crippen LogP contribution in [-0.4, -0.2) is 64.1 Å². The third kappa shape index (κ3) is 3.91. The van der Waals surface area contributed by atoms with Crippen molar-refractivity contribution in [2.24, 2.45) is 0 Å². The molecule has 1 aliphatic rings. The second-order valence-corrected chi connectivity index (χ2v) is 5.86. The van der Waals surface area contributed by atoms with Gasteiger partial charge in [0.05, 0.1) is 5.60 Å². The molecule has 0 unspecified atom stereocenters. The van der Waals surface area contributed by atoms with Gasteiger partial charge in [0.2, 0.25) is 0 Å². The second-order valence-electron chi connectivity index (χ2n) is 5.86. The Morgan fingerprint density at radius 2 is 2.05 bits per heavy atom. The Kier molecular flexibility index (Phi) is 4.25. The first-order valence-corrected chi connectivity index (χ1v) is 6.81. The zero-order chi connectivity index (χ0) is 14.8. The molecular weight excluding hydrogens is 256 g/mol. The van der Waals surface area contributed by atoms with Crippen LogP contribution in [0.25, 0.3) is 0 Å². The maximum absolute atomic E-state index is 12.3. The Morgan fingerprint density at radius 1 is 1.40 bits per heavy atom. The average molecular weight is 278 g/mol. The Bertz CT molecular complexity index is 476. The van der Waals surface area contributed by atoms with Crippen LogP contribution < -0.4 is 5.73 Å². The number of carbonyl (C=O) groups excluding carboxylic acids is 1. The van der Waals surface area contributed by atoms with Crippen LogP contribution in [0.2, 0.25) is 0 Å². The fraction of sp³-hybridized carbons (Fsp3) is 0.571. The molecule has 1 saturated heterocycles. The highest BCUT2D eigenvalue weighted by Crippen LogP contribution is 2.12. The molecule has 0 bridgehead atoms. The minimum absolute atomic E-state index is 0.0831. The van der Waals surface area contributed by atoms with E-state index < -0.39 is 5.60 Å². The number of β-amino-alcohol motifs (C(OH)–C–C–N with tert-alkyl or cyclic N) is 1. The summed E-state index contributed by atoms with van der Waals surface area (Å²) in [6.07, 6.45) is 1.55. The molecule has 3 N–H and O–H groups in total. The summed E-state index contributed by atoms with van der Waals surface area (Å²) in [4.78, 5) is 20.3. The van der Waals surface area contributed by atoms with Crippen molar-refractivity contribution in [2.75, 3.05) is 38.5 Å². The highest BCUT2D eigenvalue weighted by Gasteiger charge is 2.25. The minimum atomic E-state index is -0.707. The fourth-order valence-corrected chi connectivity index (χ4v) is 2.38. The summed E-state index contributed by atoms with van der Waals surface area (Å²) in [5.41, 5.74) is 5.90. The number of nitrogens with zero attached hydrogens (tertiary/aromatic N) is 3. The number of aliphatic hydroxyl groups is 1. The second kappa shape index (κ2) is 5.76. The van der Waals surface area contributed by atoms with E-state index in [0.717, 1.165) is 13.1 Å². The van der Waals surface area contributed by atoms with E-state index in [2.05, 4.69) is 9.88 Å². The number of anilines is 1. The average Bonchev–Trinajstić information content (AvgIpc) is 2.37. The molecule has 1 aromatic rings. The Balaban J connectivity index is 1.92. The van der Waals surface area contributed by atoms with Crippen molar-refractivity contribution in [3.05, 3.63) is 24.0 Å². The van der Waals surface area contributed by atoms with E-state index >= 15 is 0 Å². The van der Waals surface area contributed by atoms with Crippen molar-refractivity contribution < 1.29 is 9.90 Å². The predicted molar refractivity (Wildman–Crippen MR) is 77.3 cm³/mol. The van der Waals surface area contributed by atoms with Gasteiger partial charge in [0.1, 0.15) is 5.69 Å². The maximum atomic E-state index is 12.3. The Hall–Kier alpha value is -1.66. The van der Waals surface area contributed by atoms with E-state index in [-0.39, 0.29) is 5.91 Å². The molecule has 2 heterocycles. The number of pyridine rings is 1. The van der Waals surface area contributed by atoms with Crippen LogP contribution in [-0.2, 0) is 0 Å². The third-order valence-electron chi connectivity index (χ3n) is 3.27. The number of nitrogens with two attached hydrogens (primary N) is 1. The lowest BCUT2D eigenvalue weighted by Crippen LogP contribution is -2.52. The van der Waals surface area contributed by atoms with Crippen LogP contribution in [0.5, 0.6) is 0 Å². The van der Waals surface area contributed by atoms with Gasteiger partial charge in [-0.2, -0.15) is 0 Å². The Morgan fingerprint density at radius 3 is 2.60 bits per heavy atom. The van der Waals surface area contributed by atoms with Crippen LogP contribution in [0.15, 0.2) is 18.3 Å². The summed E-state index contributed by atoms with van der Waals surface area (Å²) in [5.74, 6) is -0.0831. The van der Waals surface area contributed by atoms with E-state index in [1.165, 1.54) is 0 Å². The van der Waals surface area contributed by atoms with E-state index in [4.69, 9.17) is 5.73 Å². The first-order valence-electron chi connectivity index (χ1n) is 6.81. The summed E-state index contributed by atoms with van der Waals surface area (Å²) in [6.45, 7) is 7.01. The van der Waals surface area contributed by atoms with Crippen LogP contribution in [0, 0.1) is 0 Å². The van der Waals surface area contributed by atoms with Crippen molar-refractivity contribution in [2.45, 2.75) is 19.4 Å². The lowest BCUT2D eigenvalue weighted by Gasteiger charge is -2.37. The van der Waals surface area contributed by atoms with Crippen LogP contribution in [0.3, 0.4) is 0 Å². The molecule has 6 heteroatoms. The van der Waals surface area contributed by atoms with Gasteiger partial charge in [-0.3, -0.25) is 14.7 Å². The molecule has 0 spiro atoms. The van der Waals surface area contributed by atoms with Gasteiger partial charge in [0.25, 0.3) is 5.91 Å². The van der Waals surface area contributed by atoms with E-state index in [1.54, 1.807) is 37.1 Å². The summed E-state index contributed by atoms with van der Waals surface area (Å²) in [5, 5.41) is 9.81. The summed E-state index contributed by atoms with van der Waals surface area (Å²) in [7, 11) is 0. The molecule has 1 fully saturated rings. The van der Waals surface area contributed by atoms with Crippen molar-refractivity contribution in [3.8, 4) is 0 Å². The molecule has 6 nitrogen and oxygen atoms in total. The first-order chi connectivity index (χ1) is 9.35. The van der Waals surface area contributed by atoms with Crippen molar-refractivity contribution in [1.29, 1.82) is 0 Å². The van der Waals surface area contributed by atoms with Crippen LogP contribution >= 0.6 is 0 Å². The molecule has 0 radical (unpaired) electrons. The molecule has 1 aliphatic heterocycles. The molecule has 110 valence electrons. The molecular formula is C14H22N4O2. The maximum Gasteiger partial charge on any atom is 0.272 e. The monoisotopic (exact) mass is 278 g/mol. The topological polar surface area (TPSA) is 82.7 Å². The molecule has 0 aromatic carbocycles. The first kappa shape index (κ1) is 14.7. The third-order valence-corrected chi connectivity index (χ3v) is 3.27. The number of hydrogen-bond donors (Lipinski definition) is 2. The molecule has 2 rings (SSSR count). The number of aromatic nitrogens is 1. The van der Waals surface area contributed by atoms with Crippen molar-refractivity contribution in [1.82, 2.24) is 14.8 Å². The smallest absolute Gasteiger partial charge is 0.272 e. The van der Waals surface area contributed by atoms with E-state index in [0.29, 0.717) is 31.0 Å². The molecule has 20 heavy (non-hydrogen) atoms. The number of piperazine rings is 1. The number of amides is 1.